The molecule has 0 saturated carbocycles. The first-order valence-electron chi connectivity index (χ1n) is 20.6. The van der Waals surface area contributed by atoms with Crippen LogP contribution in [0.25, 0.3) is 22.8 Å². The molecule has 3 radical (unpaired) electrons. The average Bonchev–Trinajstić information content (AvgIpc) is 3.50. The van der Waals surface area contributed by atoms with E-state index in [2.05, 4.69) is 19.4 Å². The number of nitrogens with one attached hydrogen (secondary N) is 1. The minimum absolute atomic E-state index is 0. The van der Waals surface area contributed by atoms with Gasteiger partial charge in [0.1, 0.15) is 23.1 Å². The van der Waals surface area contributed by atoms with E-state index in [0.29, 0.717) is 12.1 Å². The Morgan fingerprint density at radius 1 is 0.724 bits per heavy atom. The van der Waals surface area contributed by atoms with E-state index >= 15 is 0 Å². The van der Waals surface area contributed by atoms with Crippen LogP contribution < -0.4 is 11.1 Å². The van der Waals surface area contributed by atoms with Gasteiger partial charge in [-0.1, -0.05) is 122 Å². The van der Waals surface area contributed by atoms with Gasteiger partial charge in [0.25, 0.3) is 0 Å². The lowest BCUT2D eigenvalue weighted by atomic mass is 9.77. The quantitative estimate of drug-likeness (QED) is 0.113. The zero-order valence-electron chi connectivity index (χ0n) is 35.9. The van der Waals surface area contributed by atoms with Gasteiger partial charge in [-0.25, -0.2) is 14.8 Å². The number of aromatic nitrogens is 4. The van der Waals surface area contributed by atoms with Crippen molar-refractivity contribution in [2.24, 2.45) is 22.5 Å². The lowest BCUT2D eigenvalue weighted by Crippen LogP contribution is -2.41. The fourth-order valence-corrected chi connectivity index (χ4v) is 7.40. The van der Waals surface area contributed by atoms with Crippen molar-refractivity contribution in [3.63, 3.8) is 0 Å². The molecule has 2 aliphatic rings. The first-order chi connectivity index (χ1) is 27.0. The summed E-state index contributed by atoms with van der Waals surface area (Å²) in [6, 6.07) is 19.6. The van der Waals surface area contributed by atoms with E-state index in [9.17, 15) is 24.3 Å². The number of carboxylic acids is 1. The van der Waals surface area contributed by atoms with Crippen molar-refractivity contribution >= 4 is 31.9 Å². The molecule has 0 saturated heterocycles. The molecule has 2 atom stereocenters. The maximum absolute atomic E-state index is 13.3. The molecule has 0 fully saturated rings. The molecule has 4 aromatic rings. The van der Waals surface area contributed by atoms with Crippen LogP contribution in [0.4, 0.5) is 0 Å². The molecule has 11 nitrogen and oxygen atoms in total. The highest BCUT2D eigenvalue weighted by Crippen LogP contribution is 2.33. The Morgan fingerprint density at radius 2 is 1.17 bits per heavy atom. The van der Waals surface area contributed by atoms with Crippen molar-refractivity contribution in [3.05, 3.63) is 83.4 Å². The van der Waals surface area contributed by atoms with Crippen molar-refractivity contribution in [2.45, 2.75) is 132 Å². The number of nitrogens with zero attached hydrogens (tertiary/aromatic N) is 4. The molecule has 0 bridgehead atoms. The maximum atomic E-state index is 13.3. The third-order valence-electron chi connectivity index (χ3n) is 10.9. The molecule has 2 aliphatic heterocycles. The topological polar surface area (TPSA) is 162 Å². The molecule has 4 heterocycles. The Labute approximate surface area is 347 Å². The Balaban J connectivity index is 0.000000259. The summed E-state index contributed by atoms with van der Waals surface area (Å²) in [5.74, 6) is 0.377. The highest BCUT2D eigenvalue weighted by Gasteiger charge is 2.35. The number of carbonyl (C=O) groups excluding carboxylic acids is 3. The number of hydrogen-bond donors (Lipinski definition) is 3. The minimum atomic E-state index is -0.923. The van der Waals surface area contributed by atoms with E-state index in [1.165, 1.54) is 0 Å². The normalized spacial score (nSPS) is 14.8. The second-order valence-electron chi connectivity index (χ2n) is 17.2. The summed E-state index contributed by atoms with van der Waals surface area (Å²) in [7, 11) is 1.63. The number of ketones is 2. The second kappa shape index (κ2) is 21.2. The third-order valence-corrected chi connectivity index (χ3v) is 10.9. The average molecular weight is 792 g/mol. The van der Waals surface area contributed by atoms with Gasteiger partial charge in [0.15, 0.2) is 11.5 Å². The molecule has 311 valence electrons. The van der Waals surface area contributed by atoms with Crippen molar-refractivity contribution in [3.8, 4) is 22.8 Å². The number of rotatable bonds is 9. The highest BCUT2D eigenvalue weighted by atomic mass is 16.4. The van der Waals surface area contributed by atoms with Gasteiger partial charge in [-0.15, -0.1) is 0 Å². The lowest BCUT2D eigenvalue weighted by molar-refractivity contribution is -0.127. The van der Waals surface area contributed by atoms with Gasteiger partial charge in [-0.3, -0.25) is 14.4 Å². The van der Waals surface area contributed by atoms with Crippen LogP contribution in [0.3, 0.4) is 0 Å². The lowest BCUT2D eigenvalue weighted by Gasteiger charge is -2.28. The van der Waals surface area contributed by atoms with Crippen LogP contribution in [0.2, 0.25) is 0 Å². The number of aromatic carboxylic acids is 1. The predicted molar refractivity (Wildman–Crippen MR) is 232 cm³/mol. The number of nitrogens with two attached hydrogens (primary N) is 1. The number of hydrogen-bond acceptors (Lipinski definition) is 7. The van der Waals surface area contributed by atoms with Crippen LogP contribution >= 0.6 is 0 Å². The van der Waals surface area contributed by atoms with Gasteiger partial charge in [0, 0.05) is 58.2 Å². The minimum Gasteiger partial charge on any atom is -0.476 e. The molecule has 12 heteroatoms. The van der Waals surface area contributed by atoms with Crippen LogP contribution in [-0.4, -0.2) is 69.2 Å². The van der Waals surface area contributed by atoms with Gasteiger partial charge in [0.05, 0.1) is 17.7 Å². The number of Topliss-reactive ketones (excluding diaryl/α,β-unsaturated/α-hetero) is 2. The van der Waals surface area contributed by atoms with E-state index < -0.39 is 5.97 Å². The Hall–Kier alpha value is -4.84. The van der Waals surface area contributed by atoms with E-state index in [-0.39, 0.29) is 60.8 Å². The molecule has 2 aromatic heterocycles. The SMILES string of the molecule is CCC(=O)[C@@H](N)C(C)(C)C.CNC(=O)[C@@H](CC(=O)c1nc(-c2ccccc2)n2c1CCCCC2)C(C)(C)C.O=C(O)c1nc(-c2ccccc2)n2c1CCCCC2.[B]. The molecule has 4 N–H and O–H groups in total. The van der Waals surface area contributed by atoms with Crippen LogP contribution in [-0.2, 0) is 35.5 Å². The third kappa shape index (κ3) is 12.1. The number of benzene rings is 2. The summed E-state index contributed by atoms with van der Waals surface area (Å²) in [6.45, 7) is 15.5. The van der Waals surface area contributed by atoms with Crippen molar-refractivity contribution in [1.82, 2.24) is 24.4 Å². The highest BCUT2D eigenvalue weighted by molar-refractivity contribution is 5.99. The zero-order valence-corrected chi connectivity index (χ0v) is 35.9. The molecule has 1 amide bonds. The number of carboxylic acid groups (broad SMARTS) is 1. The summed E-state index contributed by atoms with van der Waals surface area (Å²) in [6.07, 6.45) is 8.99. The van der Waals surface area contributed by atoms with Gasteiger partial charge in [-0.2, -0.15) is 0 Å². The Morgan fingerprint density at radius 3 is 1.55 bits per heavy atom. The molecular formula is C46H64BN6O5. The first-order valence-corrected chi connectivity index (χ1v) is 20.6. The van der Waals surface area contributed by atoms with Crippen molar-refractivity contribution in [1.29, 1.82) is 0 Å². The summed E-state index contributed by atoms with van der Waals surface area (Å²) in [5, 5.41) is 12.0. The second-order valence-corrected chi connectivity index (χ2v) is 17.2. The number of carbonyl (C=O) groups is 4. The molecule has 58 heavy (non-hydrogen) atoms. The summed E-state index contributed by atoms with van der Waals surface area (Å²) < 4.78 is 4.31. The monoisotopic (exact) mass is 792 g/mol. The van der Waals surface area contributed by atoms with Crippen LogP contribution in [0, 0.1) is 16.7 Å². The van der Waals surface area contributed by atoms with E-state index in [0.717, 1.165) is 98.6 Å². The number of imidazole rings is 2. The predicted octanol–water partition coefficient (Wildman–Crippen LogP) is 8.19. The molecule has 6 rings (SSSR count). The van der Waals surface area contributed by atoms with Crippen LogP contribution in [0.15, 0.2) is 60.7 Å². The summed E-state index contributed by atoms with van der Waals surface area (Å²) in [5.41, 5.74) is 9.97. The van der Waals surface area contributed by atoms with E-state index in [1.54, 1.807) is 7.05 Å². The summed E-state index contributed by atoms with van der Waals surface area (Å²) in [4.78, 5) is 57.3. The number of amides is 1. The van der Waals surface area contributed by atoms with Gasteiger partial charge >= 0.3 is 5.97 Å². The van der Waals surface area contributed by atoms with Gasteiger partial charge in [0.2, 0.25) is 5.91 Å². The fraction of sp³-hybridized carbons (Fsp3) is 0.522. The smallest absolute Gasteiger partial charge is 0.356 e. The largest absolute Gasteiger partial charge is 0.476 e. The van der Waals surface area contributed by atoms with Crippen molar-refractivity contribution in [2.75, 3.05) is 7.05 Å². The summed E-state index contributed by atoms with van der Waals surface area (Å²) >= 11 is 0. The Bertz CT molecular complexity index is 1970. The molecular weight excluding hydrogens is 727 g/mol. The molecule has 0 aliphatic carbocycles. The number of fused-ring (bicyclic) bond motifs is 2. The van der Waals surface area contributed by atoms with E-state index in [4.69, 9.17) is 10.7 Å². The van der Waals surface area contributed by atoms with Crippen LogP contribution in [0.1, 0.15) is 132 Å². The fourth-order valence-electron chi connectivity index (χ4n) is 7.40. The maximum Gasteiger partial charge on any atom is 0.356 e. The standard InChI is InChI=1S/C23H31N3O2.C15H16N2O2.C8H17NO.B/c1-23(2,3)17(22(28)24-4)15-19(27)20-18-13-9-6-10-14-26(18)21(25-20)16-11-7-5-8-12-16;18-15(19)13-12-9-5-2-6-10-17(12)14(16-13)11-7-3-1-4-8-11;1-5-6(10)7(9)8(2,3)4;/h5,7-8,11-12,17H,6,9-10,13-15H2,1-4H3,(H,24,28);1,3-4,7-8H,2,5-6,9-10H2,(H,18,19);7H,5,9H2,1-4H3;/t17-;;7-;/m1.1./s1. The van der Waals surface area contributed by atoms with Gasteiger partial charge in [-0.05, 0) is 49.4 Å². The van der Waals surface area contributed by atoms with Gasteiger partial charge < -0.3 is 25.3 Å². The van der Waals surface area contributed by atoms with Crippen LogP contribution in [0.5, 0.6) is 0 Å². The zero-order chi connectivity index (χ0) is 41.9. The first kappa shape index (κ1) is 47.5. The van der Waals surface area contributed by atoms with Crippen molar-refractivity contribution < 1.29 is 24.3 Å². The Kier molecular flexibility index (Phi) is 17.4. The molecule has 0 unspecified atom stereocenters. The van der Waals surface area contributed by atoms with E-state index in [1.807, 2.05) is 109 Å². The molecule has 2 aromatic carbocycles. The molecule has 0 spiro atoms.